The third kappa shape index (κ3) is 1.80. The van der Waals surface area contributed by atoms with Crippen LogP contribution < -0.4 is 14.8 Å². The van der Waals surface area contributed by atoms with Gasteiger partial charge in [-0.3, -0.25) is 4.79 Å². The summed E-state index contributed by atoms with van der Waals surface area (Å²) < 4.78 is 25.1. The number of likely N-dealkylation sites (N-methyl/N-ethyl adjacent to an activating group) is 1. The average Bonchev–Trinajstić information content (AvgIpc) is 2.66. The maximum atomic E-state index is 12.0. The number of hydrogen-bond acceptors (Lipinski definition) is 4. The molecule has 0 aliphatic carbocycles. The van der Waals surface area contributed by atoms with Crippen molar-refractivity contribution in [3.63, 3.8) is 0 Å². The molecule has 80 valence electrons. The van der Waals surface area contributed by atoms with Crippen molar-refractivity contribution < 1.29 is 17.0 Å². The summed E-state index contributed by atoms with van der Waals surface area (Å²) in [5.74, 6) is 0.445. The van der Waals surface area contributed by atoms with E-state index in [1.165, 1.54) is 13.0 Å². The minimum Gasteiger partial charge on any atom is -0.454 e. The van der Waals surface area contributed by atoms with Crippen LogP contribution >= 0.6 is 0 Å². The van der Waals surface area contributed by atoms with Crippen LogP contribution in [0.2, 0.25) is 0 Å². The minimum atomic E-state index is -1.38. The Bertz CT molecular complexity index is 462. The zero-order chi connectivity index (χ0) is 12.6. The first-order valence-electron chi connectivity index (χ1n) is 5.65. The highest BCUT2D eigenvalue weighted by Gasteiger charge is 2.18. The number of nitrogens with one attached hydrogen (secondary N) is 1. The van der Waals surface area contributed by atoms with E-state index in [1.807, 2.05) is 0 Å². The van der Waals surface area contributed by atoms with Crippen LogP contribution in [0.1, 0.15) is 20.0 Å². The van der Waals surface area contributed by atoms with Crippen LogP contribution in [-0.4, -0.2) is 25.6 Å². The predicted molar refractivity (Wildman–Crippen MR) is 55.4 cm³/mol. The van der Waals surface area contributed by atoms with Crippen LogP contribution in [0, 0.1) is 0 Å². The second-order valence-electron chi connectivity index (χ2n) is 3.20. The first-order chi connectivity index (χ1) is 7.94. The number of carbonyl (C=O) groups excluding carboxylic acids is 1. The fourth-order valence-corrected chi connectivity index (χ4v) is 1.30. The Hall–Kier alpha value is -1.55. The number of Topliss-reactive ketones (excluding diaryl/α,β-unsaturated/α-hetero) is 1. The van der Waals surface area contributed by atoms with Gasteiger partial charge in [-0.25, -0.2) is 0 Å². The molecule has 1 N–H and O–H groups in total. The number of benzene rings is 1. The molecule has 15 heavy (non-hydrogen) atoms. The molecule has 2 atom stereocenters. The Labute approximate surface area is 91.0 Å². The van der Waals surface area contributed by atoms with Crippen LogP contribution in [0.15, 0.2) is 18.2 Å². The summed E-state index contributed by atoms with van der Waals surface area (Å²) in [6, 6.07) is 3.25. The Morgan fingerprint density at radius 3 is 3.07 bits per heavy atom. The standard InChI is InChI=1S/C11H13NO3/c1-7(12-2)11(13)8-3-4-9-10(5-8)15-6-14-9/h3-5,7,12H,6H2,1-2H3/t7-/m1/s1/i6D,7D/t6?,7-. The average molecular weight is 209 g/mol. The minimum absolute atomic E-state index is 0.355. The van der Waals surface area contributed by atoms with Crippen molar-refractivity contribution in [2.45, 2.75) is 12.9 Å². The van der Waals surface area contributed by atoms with Gasteiger partial charge in [0.25, 0.3) is 0 Å². The Morgan fingerprint density at radius 1 is 1.60 bits per heavy atom. The monoisotopic (exact) mass is 209 g/mol. The van der Waals surface area contributed by atoms with Crippen molar-refractivity contribution in [3.8, 4) is 11.5 Å². The van der Waals surface area contributed by atoms with Crippen LogP contribution in [0.4, 0.5) is 0 Å². The maximum Gasteiger partial charge on any atom is 0.231 e. The topological polar surface area (TPSA) is 47.6 Å². The summed E-state index contributed by atoms with van der Waals surface area (Å²) in [4.78, 5) is 12.0. The molecule has 0 amide bonds. The van der Waals surface area contributed by atoms with Crippen molar-refractivity contribution in [2.24, 2.45) is 0 Å². The second-order valence-corrected chi connectivity index (χ2v) is 3.20. The lowest BCUT2D eigenvalue weighted by Crippen LogP contribution is -2.30. The predicted octanol–water partition coefficient (Wildman–Crippen LogP) is 1.21. The molecule has 0 fully saturated rings. The van der Waals surface area contributed by atoms with E-state index < -0.39 is 12.8 Å². The third-order valence-corrected chi connectivity index (χ3v) is 2.27. The van der Waals surface area contributed by atoms with Crippen molar-refractivity contribution >= 4 is 5.78 Å². The van der Waals surface area contributed by atoms with Gasteiger partial charge in [0.05, 0.1) is 7.39 Å². The van der Waals surface area contributed by atoms with E-state index in [0.29, 0.717) is 17.1 Å². The van der Waals surface area contributed by atoms with Gasteiger partial charge in [-0.1, -0.05) is 0 Å². The SMILES string of the molecule is [2H]C1Oc2ccc(C(=O)[C@@]([2H])(C)NC)cc2O1. The number of rotatable bonds is 3. The zero-order valence-corrected chi connectivity index (χ0v) is 8.53. The summed E-state index contributed by atoms with van der Waals surface area (Å²) >= 11 is 0. The van der Waals surface area contributed by atoms with E-state index in [4.69, 9.17) is 12.2 Å². The van der Waals surface area contributed by atoms with Gasteiger partial charge in [-0.05, 0) is 32.2 Å². The maximum absolute atomic E-state index is 12.0. The van der Waals surface area contributed by atoms with Crippen LogP contribution in [-0.2, 0) is 0 Å². The van der Waals surface area contributed by atoms with Gasteiger partial charge in [-0.15, -0.1) is 0 Å². The number of hydrogen-bond donors (Lipinski definition) is 1. The van der Waals surface area contributed by atoms with Crippen LogP contribution in [0.5, 0.6) is 11.5 Å². The van der Waals surface area contributed by atoms with Gasteiger partial charge in [0.1, 0.15) is 1.37 Å². The second kappa shape index (κ2) is 3.90. The number of ketones is 1. The highest BCUT2D eigenvalue weighted by atomic mass is 16.7. The molecular formula is C11H13NO3. The quantitative estimate of drug-likeness (QED) is 0.760. The molecular weight excluding hydrogens is 194 g/mol. The molecule has 2 rings (SSSR count). The van der Waals surface area contributed by atoms with E-state index in [9.17, 15) is 4.79 Å². The lowest BCUT2D eigenvalue weighted by atomic mass is 10.1. The molecule has 0 aromatic heterocycles. The summed E-state index contributed by atoms with van der Waals surface area (Å²) in [5, 5.41) is 2.62. The van der Waals surface area contributed by atoms with Crippen molar-refractivity contribution in [1.82, 2.24) is 5.32 Å². The lowest BCUT2D eigenvalue weighted by Gasteiger charge is -2.09. The van der Waals surface area contributed by atoms with E-state index in [1.54, 1.807) is 19.2 Å². The third-order valence-electron chi connectivity index (χ3n) is 2.27. The largest absolute Gasteiger partial charge is 0.454 e. The summed E-state index contributed by atoms with van der Waals surface area (Å²) in [6.07, 6.45) is 0. The van der Waals surface area contributed by atoms with E-state index >= 15 is 0 Å². The first-order valence-corrected chi connectivity index (χ1v) is 4.57. The summed E-state index contributed by atoms with van der Waals surface area (Å²) in [5.41, 5.74) is 0.355. The Morgan fingerprint density at radius 2 is 2.33 bits per heavy atom. The molecule has 0 saturated heterocycles. The fraction of sp³-hybridized carbons (Fsp3) is 0.364. The molecule has 0 saturated carbocycles. The van der Waals surface area contributed by atoms with Gasteiger partial charge in [0, 0.05) is 5.56 Å². The van der Waals surface area contributed by atoms with Crippen LogP contribution in [0.3, 0.4) is 0 Å². The van der Waals surface area contributed by atoms with E-state index in [0.717, 1.165) is 0 Å². The molecule has 1 aromatic carbocycles. The van der Waals surface area contributed by atoms with Crippen molar-refractivity contribution in [2.75, 3.05) is 13.8 Å². The van der Waals surface area contributed by atoms with E-state index in [-0.39, 0.29) is 5.78 Å². The Balaban J connectivity index is 2.31. The molecule has 0 spiro atoms. The summed E-state index contributed by atoms with van der Waals surface area (Å²) in [6.45, 7) is 0.398. The zero-order valence-electron chi connectivity index (χ0n) is 10.5. The van der Waals surface area contributed by atoms with Gasteiger partial charge in [0.2, 0.25) is 6.77 Å². The van der Waals surface area contributed by atoms with E-state index in [2.05, 4.69) is 5.32 Å². The highest BCUT2D eigenvalue weighted by Crippen LogP contribution is 2.32. The van der Waals surface area contributed by atoms with Gasteiger partial charge in [0.15, 0.2) is 17.3 Å². The molecule has 1 aromatic rings. The highest BCUT2D eigenvalue weighted by molar-refractivity contribution is 6.00. The number of ether oxygens (including phenoxy) is 2. The number of carbonyl (C=O) groups is 1. The molecule has 4 heteroatoms. The van der Waals surface area contributed by atoms with Crippen molar-refractivity contribution in [3.05, 3.63) is 23.8 Å². The van der Waals surface area contributed by atoms with Crippen molar-refractivity contribution in [1.29, 1.82) is 0 Å². The van der Waals surface area contributed by atoms with Gasteiger partial charge >= 0.3 is 0 Å². The van der Waals surface area contributed by atoms with Gasteiger partial charge in [-0.2, -0.15) is 0 Å². The number of fused-ring (bicyclic) bond motifs is 1. The smallest absolute Gasteiger partial charge is 0.231 e. The molecule has 1 aliphatic rings. The molecule has 1 unspecified atom stereocenters. The molecule has 1 aliphatic heterocycles. The van der Waals surface area contributed by atoms with Gasteiger partial charge < -0.3 is 14.8 Å². The molecule has 0 radical (unpaired) electrons. The molecule has 0 bridgehead atoms. The first kappa shape index (κ1) is 7.70. The molecule has 1 heterocycles. The van der Waals surface area contributed by atoms with Crippen LogP contribution in [0.25, 0.3) is 0 Å². The molecule has 4 nitrogen and oxygen atoms in total. The lowest BCUT2D eigenvalue weighted by molar-refractivity contribution is 0.0954. The Kier molecular flexibility index (Phi) is 2.00. The fourth-order valence-electron chi connectivity index (χ4n) is 1.30. The summed E-state index contributed by atoms with van der Waals surface area (Å²) in [7, 11) is 1.55. The normalized spacial score (nSPS) is 24.0.